The molecule has 0 fully saturated rings. The zero-order chi connectivity index (χ0) is 14.8. The molecule has 0 bridgehead atoms. The highest BCUT2D eigenvalue weighted by Crippen LogP contribution is 2.00. The highest BCUT2D eigenvalue weighted by atomic mass is 16.3. The summed E-state index contributed by atoms with van der Waals surface area (Å²) in [4.78, 5) is 24.7. The number of aliphatic hydroxyl groups is 2. The Kier molecular flexibility index (Phi) is 7.38. The number of rotatable bonds is 9. The number of furan rings is 1. The summed E-state index contributed by atoms with van der Waals surface area (Å²) in [7, 11) is 0. The van der Waals surface area contributed by atoms with Crippen molar-refractivity contribution < 1.29 is 24.2 Å². The van der Waals surface area contributed by atoms with Crippen LogP contribution in [0, 0.1) is 0 Å². The fourth-order valence-electron chi connectivity index (χ4n) is 1.70. The Morgan fingerprint density at radius 1 is 1.25 bits per heavy atom. The molecule has 7 nitrogen and oxygen atoms in total. The first-order valence-electron chi connectivity index (χ1n) is 6.50. The molecule has 0 aliphatic heterocycles. The minimum Gasteiger partial charge on any atom is -0.459 e. The van der Waals surface area contributed by atoms with Crippen molar-refractivity contribution in [1.82, 2.24) is 10.2 Å². The van der Waals surface area contributed by atoms with Gasteiger partial charge in [-0.05, 0) is 18.6 Å². The Morgan fingerprint density at radius 2 is 1.95 bits per heavy atom. The lowest BCUT2D eigenvalue weighted by Crippen LogP contribution is -2.36. The van der Waals surface area contributed by atoms with Crippen LogP contribution < -0.4 is 5.32 Å². The zero-order valence-electron chi connectivity index (χ0n) is 11.2. The molecule has 1 rings (SSSR count). The molecule has 7 heteroatoms. The lowest BCUT2D eigenvalue weighted by atomic mass is 10.2. The first-order valence-corrected chi connectivity index (χ1v) is 6.50. The van der Waals surface area contributed by atoms with Crippen molar-refractivity contribution in [3.63, 3.8) is 0 Å². The summed E-state index contributed by atoms with van der Waals surface area (Å²) in [6.07, 6.45) is 2.15. The van der Waals surface area contributed by atoms with E-state index in [1.54, 1.807) is 12.1 Å². The van der Waals surface area contributed by atoms with Crippen molar-refractivity contribution in [3.8, 4) is 0 Å². The number of amides is 2. The quantitative estimate of drug-likeness (QED) is 0.536. The van der Waals surface area contributed by atoms with Gasteiger partial charge in [0.2, 0.25) is 5.91 Å². The van der Waals surface area contributed by atoms with Crippen molar-refractivity contribution >= 4 is 11.8 Å². The molecule has 0 saturated carbocycles. The highest BCUT2D eigenvalue weighted by molar-refractivity contribution is 5.91. The minimum atomic E-state index is -0.315. The van der Waals surface area contributed by atoms with Gasteiger partial charge in [0.15, 0.2) is 5.76 Å². The van der Waals surface area contributed by atoms with E-state index in [1.807, 2.05) is 0 Å². The number of nitrogens with zero attached hydrogens (tertiary/aromatic N) is 1. The summed E-state index contributed by atoms with van der Waals surface area (Å²) >= 11 is 0. The van der Waals surface area contributed by atoms with Gasteiger partial charge >= 0.3 is 0 Å². The first-order chi connectivity index (χ1) is 9.69. The Labute approximate surface area is 117 Å². The summed E-state index contributed by atoms with van der Waals surface area (Å²) < 4.78 is 4.93. The van der Waals surface area contributed by atoms with Crippen LogP contribution in [0.5, 0.6) is 0 Å². The number of carbonyl (C=O) groups excluding carboxylic acids is 2. The molecule has 0 spiro atoms. The average Bonchev–Trinajstić information content (AvgIpc) is 2.97. The summed E-state index contributed by atoms with van der Waals surface area (Å²) in [5.74, 6) is -0.233. The fourth-order valence-corrected chi connectivity index (χ4v) is 1.70. The molecule has 0 aliphatic carbocycles. The molecule has 0 unspecified atom stereocenters. The SMILES string of the molecule is O=C(NCCCC(=O)N(CCO)CCO)c1ccco1. The molecule has 1 aromatic heterocycles. The molecule has 0 saturated heterocycles. The van der Waals surface area contributed by atoms with Crippen LogP contribution in [0.15, 0.2) is 22.8 Å². The highest BCUT2D eigenvalue weighted by Gasteiger charge is 2.12. The molecule has 0 aliphatic rings. The molecular weight excluding hydrogens is 264 g/mol. The van der Waals surface area contributed by atoms with Crippen LogP contribution in [0.25, 0.3) is 0 Å². The number of carbonyl (C=O) groups is 2. The molecule has 2 amide bonds. The molecular formula is C13H20N2O5. The Morgan fingerprint density at radius 3 is 2.50 bits per heavy atom. The number of nitrogens with one attached hydrogen (secondary N) is 1. The van der Waals surface area contributed by atoms with Crippen molar-refractivity contribution in [2.45, 2.75) is 12.8 Å². The van der Waals surface area contributed by atoms with Crippen molar-refractivity contribution in [2.75, 3.05) is 32.8 Å². The van der Waals surface area contributed by atoms with Crippen LogP contribution in [0.4, 0.5) is 0 Å². The van der Waals surface area contributed by atoms with E-state index in [1.165, 1.54) is 11.2 Å². The summed E-state index contributed by atoms with van der Waals surface area (Å²) in [5.41, 5.74) is 0. The van der Waals surface area contributed by atoms with Gasteiger partial charge in [-0.25, -0.2) is 0 Å². The van der Waals surface area contributed by atoms with Crippen molar-refractivity contribution in [1.29, 1.82) is 0 Å². The molecule has 20 heavy (non-hydrogen) atoms. The van der Waals surface area contributed by atoms with Gasteiger partial charge < -0.3 is 24.8 Å². The van der Waals surface area contributed by atoms with Gasteiger partial charge in [0.1, 0.15) is 0 Å². The van der Waals surface area contributed by atoms with E-state index in [0.29, 0.717) is 13.0 Å². The second-order valence-electron chi connectivity index (χ2n) is 4.16. The van der Waals surface area contributed by atoms with Gasteiger partial charge in [-0.15, -0.1) is 0 Å². The van der Waals surface area contributed by atoms with Crippen molar-refractivity contribution in [2.24, 2.45) is 0 Å². The van der Waals surface area contributed by atoms with Crippen LogP contribution in [0.3, 0.4) is 0 Å². The molecule has 112 valence electrons. The van der Waals surface area contributed by atoms with Gasteiger partial charge in [-0.3, -0.25) is 9.59 Å². The maximum atomic E-state index is 11.8. The van der Waals surface area contributed by atoms with E-state index >= 15 is 0 Å². The first kappa shape index (κ1) is 16.2. The number of aliphatic hydroxyl groups excluding tert-OH is 2. The van der Waals surface area contributed by atoms with E-state index in [0.717, 1.165) is 0 Å². The average molecular weight is 284 g/mol. The zero-order valence-corrected chi connectivity index (χ0v) is 11.2. The third-order valence-corrected chi connectivity index (χ3v) is 2.69. The number of hydrogen-bond acceptors (Lipinski definition) is 5. The normalized spacial score (nSPS) is 10.3. The third kappa shape index (κ3) is 5.41. The Bertz CT molecular complexity index is 399. The topological polar surface area (TPSA) is 103 Å². The lowest BCUT2D eigenvalue weighted by Gasteiger charge is -2.20. The molecule has 1 heterocycles. The van der Waals surface area contributed by atoms with Crippen LogP contribution in [0.2, 0.25) is 0 Å². The molecule has 0 aromatic carbocycles. The summed E-state index contributed by atoms with van der Waals surface area (Å²) in [6.45, 7) is 0.496. The Hall–Kier alpha value is -1.86. The second-order valence-corrected chi connectivity index (χ2v) is 4.16. The van der Waals surface area contributed by atoms with Gasteiger partial charge in [0.05, 0.1) is 19.5 Å². The van der Waals surface area contributed by atoms with E-state index in [9.17, 15) is 9.59 Å². The van der Waals surface area contributed by atoms with Crippen LogP contribution >= 0.6 is 0 Å². The standard InChI is InChI=1S/C13H20N2O5/c16-8-6-15(7-9-17)12(18)4-1-5-14-13(19)11-3-2-10-20-11/h2-3,10,16-17H,1,4-9H2,(H,14,19). The predicted octanol–water partition coefficient (Wildman–Crippen LogP) is -0.397. The lowest BCUT2D eigenvalue weighted by molar-refractivity contribution is -0.132. The van der Waals surface area contributed by atoms with Gasteiger partial charge in [0, 0.05) is 26.1 Å². The smallest absolute Gasteiger partial charge is 0.286 e. The third-order valence-electron chi connectivity index (χ3n) is 2.69. The van der Waals surface area contributed by atoms with Gasteiger partial charge in [0.25, 0.3) is 5.91 Å². The summed E-state index contributed by atoms with van der Waals surface area (Å²) in [5, 5.41) is 20.3. The van der Waals surface area contributed by atoms with E-state index in [4.69, 9.17) is 14.6 Å². The minimum absolute atomic E-state index is 0.138. The van der Waals surface area contributed by atoms with Gasteiger partial charge in [-0.1, -0.05) is 0 Å². The molecule has 0 atom stereocenters. The van der Waals surface area contributed by atoms with E-state index < -0.39 is 0 Å². The van der Waals surface area contributed by atoms with E-state index in [-0.39, 0.29) is 50.3 Å². The van der Waals surface area contributed by atoms with Crippen LogP contribution in [-0.4, -0.2) is 59.8 Å². The molecule has 0 radical (unpaired) electrons. The maximum absolute atomic E-state index is 11.8. The Balaban J connectivity index is 2.22. The van der Waals surface area contributed by atoms with Crippen LogP contribution in [-0.2, 0) is 4.79 Å². The van der Waals surface area contributed by atoms with E-state index in [2.05, 4.69) is 5.32 Å². The predicted molar refractivity (Wildman–Crippen MR) is 71.0 cm³/mol. The van der Waals surface area contributed by atoms with Gasteiger partial charge in [-0.2, -0.15) is 0 Å². The molecule has 1 aromatic rings. The number of hydrogen-bond donors (Lipinski definition) is 3. The monoisotopic (exact) mass is 284 g/mol. The second kappa shape index (κ2) is 9.11. The molecule has 3 N–H and O–H groups in total. The largest absolute Gasteiger partial charge is 0.459 e. The van der Waals surface area contributed by atoms with Crippen LogP contribution in [0.1, 0.15) is 23.4 Å². The summed E-state index contributed by atoms with van der Waals surface area (Å²) in [6, 6.07) is 3.19. The fraction of sp³-hybridized carbons (Fsp3) is 0.538. The van der Waals surface area contributed by atoms with Crippen molar-refractivity contribution in [3.05, 3.63) is 24.2 Å². The maximum Gasteiger partial charge on any atom is 0.286 e.